The van der Waals surface area contributed by atoms with Crippen molar-refractivity contribution in [1.29, 1.82) is 0 Å². The van der Waals surface area contributed by atoms with E-state index in [1.165, 1.54) is 12.1 Å². The van der Waals surface area contributed by atoms with Crippen LogP contribution in [-0.2, 0) is 0 Å². The number of rotatable bonds is 6. The van der Waals surface area contributed by atoms with Gasteiger partial charge in [-0.05, 0) is 57.7 Å². The zero-order valence-electron chi connectivity index (χ0n) is 11.8. The van der Waals surface area contributed by atoms with Crippen LogP contribution in [-0.4, -0.2) is 39.1 Å². The number of hydrogen-bond acceptors (Lipinski definition) is 3. The Balaban J connectivity index is 2.75. The van der Waals surface area contributed by atoms with E-state index in [1.807, 2.05) is 20.0 Å². The summed E-state index contributed by atoms with van der Waals surface area (Å²) in [6.45, 7) is 3.86. The van der Waals surface area contributed by atoms with Crippen molar-refractivity contribution in [3.8, 4) is 0 Å². The lowest BCUT2D eigenvalue weighted by molar-refractivity contribution is 0.401. The summed E-state index contributed by atoms with van der Waals surface area (Å²) < 4.78 is 13.2. The summed E-state index contributed by atoms with van der Waals surface area (Å²) in [5.74, 6) is -0.229. The molecule has 0 aliphatic heterocycles. The largest absolute Gasteiger partial charge is 0.374 e. The highest BCUT2D eigenvalue weighted by Crippen LogP contribution is 2.25. The molecule has 1 aromatic rings. The Morgan fingerprint density at radius 3 is 2.44 bits per heavy atom. The Hall–Kier alpha value is -1.13. The summed E-state index contributed by atoms with van der Waals surface area (Å²) in [5.41, 5.74) is 7.78. The van der Waals surface area contributed by atoms with Crippen molar-refractivity contribution in [1.82, 2.24) is 4.90 Å². The van der Waals surface area contributed by atoms with Gasteiger partial charge in [0, 0.05) is 25.3 Å². The Morgan fingerprint density at radius 1 is 1.22 bits per heavy atom. The fraction of sp³-hybridized carbons (Fsp3) is 0.571. The minimum atomic E-state index is -0.229. The zero-order chi connectivity index (χ0) is 13.7. The number of nitrogens with two attached hydrogens (primary N) is 1. The molecule has 0 aromatic heterocycles. The van der Waals surface area contributed by atoms with E-state index < -0.39 is 0 Å². The molecule has 1 aromatic carbocycles. The van der Waals surface area contributed by atoms with Crippen LogP contribution < -0.4 is 10.6 Å². The number of benzene rings is 1. The first kappa shape index (κ1) is 14.9. The topological polar surface area (TPSA) is 32.5 Å². The lowest BCUT2D eigenvalue weighted by Crippen LogP contribution is -2.25. The molecule has 0 heterocycles. The summed E-state index contributed by atoms with van der Waals surface area (Å²) in [4.78, 5) is 4.30. The Bertz CT molecular complexity index is 377. The average Bonchev–Trinajstić information content (AvgIpc) is 2.28. The monoisotopic (exact) mass is 253 g/mol. The predicted octanol–water partition coefficient (Wildman–Crippen LogP) is 2.23. The van der Waals surface area contributed by atoms with Crippen molar-refractivity contribution in [2.75, 3.05) is 39.1 Å². The molecular formula is C14H24FN3. The molecule has 1 atom stereocenters. The molecule has 0 aliphatic carbocycles. The van der Waals surface area contributed by atoms with Gasteiger partial charge >= 0.3 is 0 Å². The van der Waals surface area contributed by atoms with E-state index in [0.29, 0.717) is 0 Å². The maximum absolute atomic E-state index is 13.2. The van der Waals surface area contributed by atoms with Crippen LogP contribution in [0, 0.1) is 5.82 Å². The third-order valence-electron chi connectivity index (χ3n) is 2.99. The third kappa shape index (κ3) is 4.27. The average molecular weight is 253 g/mol. The van der Waals surface area contributed by atoms with E-state index in [-0.39, 0.29) is 11.9 Å². The molecule has 1 rings (SSSR count). The molecule has 0 saturated carbocycles. The van der Waals surface area contributed by atoms with Crippen LogP contribution in [0.5, 0.6) is 0 Å². The molecule has 0 spiro atoms. The van der Waals surface area contributed by atoms with Crippen molar-refractivity contribution < 1.29 is 4.39 Å². The molecular weight excluding hydrogens is 229 g/mol. The first-order chi connectivity index (χ1) is 8.41. The third-order valence-corrected chi connectivity index (χ3v) is 2.99. The van der Waals surface area contributed by atoms with Crippen molar-refractivity contribution in [3.63, 3.8) is 0 Å². The second-order valence-electron chi connectivity index (χ2n) is 5.07. The summed E-state index contributed by atoms with van der Waals surface area (Å²) >= 11 is 0. The molecule has 2 N–H and O–H groups in total. The highest BCUT2D eigenvalue weighted by atomic mass is 19.1. The molecule has 0 aliphatic rings. The fourth-order valence-electron chi connectivity index (χ4n) is 1.98. The molecule has 4 heteroatoms. The van der Waals surface area contributed by atoms with Crippen molar-refractivity contribution in [3.05, 3.63) is 29.6 Å². The first-order valence-electron chi connectivity index (χ1n) is 6.32. The molecule has 3 nitrogen and oxygen atoms in total. The Morgan fingerprint density at radius 2 is 1.89 bits per heavy atom. The number of hydrogen-bond donors (Lipinski definition) is 1. The minimum absolute atomic E-state index is 0.160. The van der Waals surface area contributed by atoms with Crippen LogP contribution in [0.25, 0.3) is 0 Å². The van der Waals surface area contributed by atoms with Crippen LogP contribution in [0.3, 0.4) is 0 Å². The summed E-state index contributed by atoms with van der Waals surface area (Å²) in [5, 5.41) is 0. The van der Waals surface area contributed by atoms with Gasteiger partial charge in [-0.15, -0.1) is 0 Å². The van der Waals surface area contributed by atoms with E-state index in [4.69, 9.17) is 5.73 Å². The van der Waals surface area contributed by atoms with Crippen molar-refractivity contribution in [2.24, 2.45) is 5.73 Å². The predicted molar refractivity (Wildman–Crippen MR) is 75.4 cm³/mol. The van der Waals surface area contributed by atoms with Gasteiger partial charge in [-0.2, -0.15) is 0 Å². The SMILES string of the molecule is CC(N)c1cc(F)ccc1N(C)CCCN(C)C. The van der Waals surface area contributed by atoms with Gasteiger partial charge in [-0.25, -0.2) is 4.39 Å². The molecule has 0 radical (unpaired) electrons. The van der Waals surface area contributed by atoms with E-state index >= 15 is 0 Å². The van der Waals surface area contributed by atoms with Gasteiger partial charge in [0.1, 0.15) is 5.82 Å². The summed E-state index contributed by atoms with van der Waals surface area (Å²) in [7, 11) is 6.14. The molecule has 102 valence electrons. The van der Waals surface area contributed by atoms with Gasteiger partial charge < -0.3 is 15.5 Å². The number of halogens is 1. The van der Waals surface area contributed by atoms with Crippen molar-refractivity contribution in [2.45, 2.75) is 19.4 Å². The van der Waals surface area contributed by atoms with Gasteiger partial charge in [0.05, 0.1) is 0 Å². The van der Waals surface area contributed by atoms with Crippen LogP contribution in [0.2, 0.25) is 0 Å². The van der Waals surface area contributed by atoms with Crippen LogP contribution in [0.4, 0.5) is 10.1 Å². The van der Waals surface area contributed by atoms with E-state index in [9.17, 15) is 4.39 Å². The Labute approximate surface area is 109 Å². The normalized spacial score (nSPS) is 12.8. The Kier molecular flexibility index (Phi) is 5.56. The number of nitrogens with zero attached hydrogens (tertiary/aromatic N) is 2. The molecule has 0 fully saturated rings. The van der Waals surface area contributed by atoms with Crippen LogP contribution in [0.15, 0.2) is 18.2 Å². The second-order valence-corrected chi connectivity index (χ2v) is 5.07. The van der Waals surface area contributed by atoms with E-state index in [2.05, 4.69) is 23.9 Å². The fourth-order valence-corrected chi connectivity index (χ4v) is 1.98. The highest BCUT2D eigenvalue weighted by Gasteiger charge is 2.11. The zero-order valence-corrected chi connectivity index (χ0v) is 11.8. The maximum Gasteiger partial charge on any atom is 0.123 e. The van der Waals surface area contributed by atoms with Gasteiger partial charge in [-0.3, -0.25) is 0 Å². The minimum Gasteiger partial charge on any atom is -0.374 e. The molecule has 1 unspecified atom stereocenters. The molecule has 0 bridgehead atoms. The van der Waals surface area contributed by atoms with Crippen LogP contribution in [0.1, 0.15) is 24.9 Å². The second kappa shape index (κ2) is 6.71. The number of anilines is 1. The van der Waals surface area contributed by atoms with Crippen molar-refractivity contribution >= 4 is 5.69 Å². The highest BCUT2D eigenvalue weighted by molar-refractivity contribution is 5.54. The summed E-state index contributed by atoms with van der Waals surface area (Å²) in [6, 6.07) is 4.67. The molecule has 0 amide bonds. The quantitative estimate of drug-likeness (QED) is 0.844. The molecule has 0 saturated heterocycles. The lowest BCUT2D eigenvalue weighted by atomic mass is 10.1. The van der Waals surface area contributed by atoms with Gasteiger partial charge in [0.15, 0.2) is 0 Å². The molecule has 18 heavy (non-hydrogen) atoms. The van der Waals surface area contributed by atoms with Gasteiger partial charge in [0.25, 0.3) is 0 Å². The summed E-state index contributed by atoms with van der Waals surface area (Å²) in [6.07, 6.45) is 1.07. The van der Waals surface area contributed by atoms with Gasteiger partial charge in [0.2, 0.25) is 0 Å². The standard InChI is InChI=1S/C14H24FN3/c1-11(16)13-10-12(15)6-7-14(13)18(4)9-5-8-17(2)3/h6-7,10-11H,5,8-9,16H2,1-4H3. The lowest BCUT2D eigenvalue weighted by Gasteiger charge is -2.24. The smallest absolute Gasteiger partial charge is 0.123 e. The van der Waals surface area contributed by atoms with Crippen LogP contribution >= 0.6 is 0 Å². The van der Waals surface area contributed by atoms with E-state index in [0.717, 1.165) is 30.8 Å². The van der Waals surface area contributed by atoms with Gasteiger partial charge in [-0.1, -0.05) is 0 Å². The maximum atomic E-state index is 13.2. The van der Waals surface area contributed by atoms with E-state index in [1.54, 1.807) is 0 Å². The first-order valence-corrected chi connectivity index (χ1v) is 6.32.